The standard InChI is InChI=1S/C18H29N5O3/c1-20(2)17(25)23-8-3-4-15(12-23)16(24)22-9-5-18(26,6-10-22)13-21-11-7-19-14-21/h7,11,14-15,26H,3-6,8-10,12-13H2,1-2H3. The summed E-state index contributed by atoms with van der Waals surface area (Å²) in [6.07, 6.45) is 8.04. The zero-order valence-electron chi connectivity index (χ0n) is 15.7. The molecule has 3 heterocycles. The number of piperidine rings is 2. The van der Waals surface area contributed by atoms with Crippen LogP contribution in [0.1, 0.15) is 25.7 Å². The van der Waals surface area contributed by atoms with Gasteiger partial charge in [-0.1, -0.05) is 0 Å². The Morgan fingerprint density at radius 2 is 1.96 bits per heavy atom. The van der Waals surface area contributed by atoms with Crippen LogP contribution in [0.2, 0.25) is 0 Å². The maximum atomic E-state index is 12.9. The molecular weight excluding hydrogens is 334 g/mol. The summed E-state index contributed by atoms with van der Waals surface area (Å²) < 4.78 is 1.88. The van der Waals surface area contributed by atoms with Gasteiger partial charge in [-0.15, -0.1) is 0 Å². The van der Waals surface area contributed by atoms with Crippen molar-refractivity contribution in [3.05, 3.63) is 18.7 Å². The molecule has 8 nitrogen and oxygen atoms in total. The summed E-state index contributed by atoms with van der Waals surface area (Å²) in [5, 5.41) is 10.8. The Balaban J connectivity index is 1.54. The molecule has 0 bridgehead atoms. The summed E-state index contributed by atoms with van der Waals surface area (Å²) in [6.45, 7) is 2.82. The maximum Gasteiger partial charge on any atom is 0.319 e. The Bertz CT molecular complexity index is 623. The van der Waals surface area contributed by atoms with Gasteiger partial charge in [0.05, 0.1) is 24.4 Å². The quantitative estimate of drug-likeness (QED) is 0.854. The van der Waals surface area contributed by atoms with Gasteiger partial charge in [-0.3, -0.25) is 4.79 Å². The second kappa shape index (κ2) is 7.65. The summed E-state index contributed by atoms with van der Waals surface area (Å²) in [5.74, 6) is -0.0153. The molecule has 1 unspecified atom stereocenters. The van der Waals surface area contributed by atoms with Gasteiger partial charge < -0.3 is 24.4 Å². The monoisotopic (exact) mass is 363 g/mol. The molecule has 0 aliphatic carbocycles. The van der Waals surface area contributed by atoms with Crippen LogP contribution >= 0.6 is 0 Å². The summed E-state index contributed by atoms with van der Waals surface area (Å²) in [5.41, 5.74) is -0.795. The molecule has 1 atom stereocenters. The van der Waals surface area contributed by atoms with Crippen LogP contribution in [0, 0.1) is 5.92 Å². The molecule has 2 saturated heterocycles. The number of carbonyl (C=O) groups excluding carboxylic acids is 2. The van der Waals surface area contributed by atoms with Crippen LogP contribution in [0.25, 0.3) is 0 Å². The Morgan fingerprint density at radius 3 is 2.58 bits per heavy atom. The van der Waals surface area contributed by atoms with E-state index in [0.29, 0.717) is 45.6 Å². The molecule has 1 aromatic heterocycles. The lowest BCUT2D eigenvalue weighted by Crippen LogP contribution is -2.53. The first-order valence-corrected chi connectivity index (χ1v) is 9.31. The Morgan fingerprint density at radius 1 is 1.23 bits per heavy atom. The van der Waals surface area contributed by atoms with E-state index in [1.807, 2.05) is 15.7 Å². The summed E-state index contributed by atoms with van der Waals surface area (Å²) in [7, 11) is 3.47. The van der Waals surface area contributed by atoms with Crippen molar-refractivity contribution >= 4 is 11.9 Å². The van der Waals surface area contributed by atoms with E-state index >= 15 is 0 Å². The van der Waals surface area contributed by atoms with Gasteiger partial charge in [0.1, 0.15) is 0 Å². The normalized spacial score (nSPS) is 23.0. The topological polar surface area (TPSA) is 81.9 Å². The van der Waals surface area contributed by atoms with Crippen molar-refractivity contribution in [1.29, 1.82) is 0 Å². The zero-order valence-corrected chi connectivity index (χ0v) is 15.7. The number of nitrogens with zero attached hydrogens (tertiary/aromatic N) is 5. The minimum Gasteiger partial charge on any atom is -0.388 e. The second-order valence-corrected chi connectivity index (χ2v) is 7.75. The van der Waals surface area contributed by atoms with Gasteiger partial charge in [0.25, 0.3) is 0 Å². The van der Waals surface area contributed by atoms with Crippen molar-refractivity contribution in [3.8, 4) is 0 Å². The van der Waals surface area contributed by atoms with Crippen molar-refractivity contribution in [1.82, 2.24) is 24.3 Å². The highest BCUT2D eigenvalue weighted by molar-refractivity contribution is 5.81. The number of hydrogen-bond acceptors (Lipinski definition) is 4. The third-order valence-corrected chi connectivity index (χ3v) is 5.47. The van der Waals surface area contributed by atoms with Crippen LogP contribution in [0.15, 0.2) is 18.7 Å². The Kier molecular flexibility index (Phi) is 5.50. The molecule has 1 N–H and O–H groups in total. The molecule has 3 amide bonds. The lowest BCUT2D eigenvalue weighted by Gasteiger charge is -2.41. The highest BCUT2D eigenvalue weighted by atomic mass is 16.3. The van der Waals surface area contributed by atoms with Crippen LogP contribution in [0.3, 0.4) is 0 Å². The minimum atomic E-state index is -0.795. The highest BCUT2D eigenvalue weighted by Crippen LogP contribution is 2.27. The van der Waals surface area contributed by atoms with Crippen LogP contribution in [0.5, 0.6) is 0 Å². The molecule has 0 aromatic carbocycles. The molecule has 0 spiro atoms. The third kappa shape index (κ3) is 4.17. The molecule has 0 radical (unpaired) electrons. The van der Waals surface area contributed by atoms with E-state index in [9.17, 15) is 14.7 Å². The maximum absolute atomic E-state index is 12.9. The van der Waals surface area contributed by atoms with E-state index < -0.39 is 5.60 Å². The highest BCUT2D eigenvalue weighted by Gasteiger charge is 2.37. The van der Waals surface area contributed by atoms with Crippen molar-refractivity contribution in [2.75, 3.05) is 40.3 Å². The number of rotatable bonds is 3. The summed E-state index contributed by atoms with van der Waals surface area (Å²) >= 11 is 0. The predicted octanol–water partition coefficient (Wildman–Crippen LogP) is 0.630. The van der Waals surface area contributed by atoms with Crippen molar-refractivity contribution in [2.24, 2.45) is 5.92 Å². The largest absolute Gasteiger partial charge is 0.388 e. The molecule has 2 fully saturated rings. The number of aromatic nitrogens is 2. The number of aliphatic hydroxyl groups is 1. The van der Waals surface area contributed by atoms with E-state index in [1.165, 1.54) is 0 Å². The van der Waals surface area contributed by atoms with E-state index in [-0.39, 0.29) is 17.9 Å². The van der Waals surface area contributed by atoms with Gasteiger partial charge in [-0.2, -0.15) is 0 Å². The van der Waals surface area contributed by atoms with Gasteiger partial charge in [-0.05, 0) is 25.7 Å². The van der Waals surface area contributed by atoms with Crippen molar-refractivity contribution in [3.63, 3.8) is 0 Å². The molecule has 26 heavy (non-hydrogen) atoms. The zero-order chi connectivity index (χ0) is 18.7. The first-order valence-electron chi connectivity index (χ1n) is 9.31. The van der Waals surface area contributed by atoms with E-state index in [4.69, 9.17) is 0 Å². The SMILES string of the molecule is CN(C)C(=O)N1CCCC(C(=O)N2CCC(O)(Cn3ccnc3)CC2)C1. The molecule has 2 aliphatic heterocycles. The van der Waals surface area contributed by atoms with Crippen molar-refractivity contribution in [2.45, 2.75) is 37.8 Å². The first-order chi connectivity index (χ1) is 12.4. The minimum absolute atomic E-state index is 0.0316. The average Bonchev–Trinajstić information content (AvgIpc) is 3.13. The van der Waals surface area contributed by atoms with Gasteiger partial charge >= 0.3 is 6.03 Å². The number of amides is 3. The number of likely N-dealkylation sites (tertiary alicyclic amines) is 2. The smallest absolute Gasteiger partial charge is 0.319 e. The molecule has 144 valence electrons. The number of hydrogen-bond donors (Lipinski definition) is 1. The van der Waals surface area contributed by atoms with Crippen LogP contribution in [-0.4, -0.2) is 87.2 Å². The molecule has 8 heteroatoms. The first kappa shape index (κ1) is 18.7. The molecule has 2 aliphatic rings. The molecule has 1 aromatic rings. The van der Waals surface area contributed by atoms with Gasteiger partial charge in [0.15, 0.2) is 0 Å². The van der Waals surface area contributed by atoms with Crippen LogP contribution in [-0.2, 0) is 11.3 Å². The Labute approximate surface area is 154 Å². The number of urea groups is 1. The van der Waals surface area contributed by atoms with Crippen LogP contribution in [0.4, 0.5) is 4.79 Å². The van der Waals surface area contributed by atoms with Gasteiger partial charge in [-0.25, -0.2) is 9.78 Å². The van der Waals surface area contributed by atoms with Gasteiger partial charge in [0, 0.05) is 52.7 Å². The summed E-state index contributed by atoms with van der Waals surface area (Å²) in [6, 6.07) is -0.0316. The van der Waals surface area contributed by atoms with Gasteiger partial charge in [0.2, 0.25) is 5.91 Å². The molecule has 3 rings (SSSR count). The fraction of sp³-hybridized carbons (Fsp3) is 0.722. The second-order valence-electron chi connectivity index (χ2n) is 7.75. The van der Waals surface area contributed by atoms with Crippen LogP contribution < -0.4 is 0 Å². The number of carbonyl (C=O) groups is 2. The van der Waals surface area contributed by atoms with E-state index in [0.717, 1.165) is 12.8 Å². The third-order valence-electron chi connectivity index (χ3n) is 5.47. The van der Waals surface area contributed by atoms with E-state index in [1.54, 1.807) is 36.4 Å². The van der Waals surface area contributed by atoms with Crippen molar-refractivity contribution < 1.29 is 14.7 Å². The number of imidazole rings is 1. The van der Waals surface area contributed by atoms with E-state index in [2.05, 4.69) is 4.98 Å². The fourth-order valence-electron chi connectivity index (χ4n) is 3.92. The molecular formula is C18H29N5O3. The Hall–Kier alpha value is -2.09. The lowest BCUT2D eigenvalue weighted by molar-refractivity contribution is -0.141. The molecule has 0 saturated carbocycles. The summed E-state index contributed by atoms with van der Waals surface area (Å²) in [4.78, 5) is 34.3. The fourth-order valence-corrected chi connectivity index (χ4v) is 3.92. The predicted molar refractivity (Wildman–Crippen MR) is 96.4 cm³/mol. The average molecular weight is 363 g/mol. The lowest BCUT2D eigenvalue weighted by atomic mass is 9.89.